The van der Waals surface area contributed by atoms with Gasteiger partial charge in [-0.1, -0.05) is 0 Å². The van der Waals surface area contributed by atoms with Crippen LogP contribution < -0.4 is 5.32 Å². The van der Waals surface area contributed by atoms with Crippen molar-refractivity contribution in [3.63, 3.8) is 0 Å². The maximum Gasteiger partial charge on any atom is 0.165 e. The van der Waals surface area contributed by atoms with Gasteiger partial charge < -0.3 is 10.1 Å². The van der Waals surface area contributed by atoms with Crippen molar-refractivity contribution < 1.29 is 13.2 Å². The fourth-order valence-electron chi connectivity index (χ4n) is 0.971. The lowest BCUT2D eigenvalue weighted by molar-refractivity contribution is 0.269. The van der Waals surface area contributed by atoms with E-state index in [0.29, 0.717) is 13.1 Å². The van der Waals surface area contributed by atoms with Crippen molar-refractivity contribution in [1.82, 2.24) is 5.32 Å². The second kappa shape index (κ2) is 4.62. The fourth-order valence-corrected chi connectivity index (χ4v) is 1.49. The lowest BCUT2D eigenvalue weighted by atomic mass is 10.3. The molecule has 0 aromatic rings. The topological polar surface area (TPSA) is 55.4 Å². The lowest BCUT2D eigenvalue weighted by Crippen LogP contribution is -2.26. The largest absolute Gasteiger partial charge is 0.489 e. The van der Waals surface area contributed by atoms with Crippen LogP contribution in [0.25, 0.3) is 0 Å². The van der Waals surface area contributed by atoms with Crippen molar-refractivity contribution in [2.75, 3.05) is 25.1 Å². The molecule has 5 heteroatoms. The molecule has 1 rings (SSSR count). The highest BCUT2D eigenvalue weighted by Gasteiger charge is 2.12. The molecule has 1 heterocycles. The molecule has 0 aromatic carbocycles. The molecule has 75 valence electrons. The molecule has 0 aliphatic carbocycles. The van der Waals surface area contributed by atoms with Crippen LogP contribution in [-0.4, -0.2) is 33.5 Å². The van der Waals surface area contributed by atoms with Crippen LogP contribution in [-0.2, 0) is 14.6 Å². The average Bonchev–Trinajstić information content (AvgIpc) is 2.48. The van der Waals surface area contributed by atoms with E-state index in [9.17, 15) is 8.42 Å². The van der Waals surface area contributed by atoms with Crippen LogP contribution in [0, 0.1) is 6.10 Å². The summed E-state index contributed by atoms with van der Waals surface area (Å²) in [5, 5.41) is 3.00. The minimum absolute atomic E-state index is 0.174. The number of nitrogens with one attached hydrogen (secondary N) is 1. The number of sulfone groups is 1. The fraction of sp³-hybridized carbons (Fsp3) is 0.625. The third kappa shape index (κ3) is 4.90. The van der Waals surface area contributed by atoms with Gasteiger partial charge in [-0.25, -0.2) is 8.42 Å². The van der Waals surface area contributed by atoms with Crippen LogP contribution in [0.3, 0.4) is 0 Å². The van der Waals surface area contributed by atoms with Crippen molar-refractivity contribution in [2.45, 2.75) is 6.42 Å². The minimum atomic E-state index is -2.85. The molecule has 0 unspecified atom stereocenters. The summed E-state index contributed by atoms with van der Waals surface area (Å²) in [6.45, 7) is 1.11. The Morgan fingerprint density at radius 1 is 1.62 bits per heavy atom. The summed E-state index contributed by atoms with van der Waals surface area (Å²) < 4.78 is 26.6. The van der Waals surface area contributed by atoms with Gasteiger partial charge in [0.2, 0.25) is 0 Å². The zero-order valence-electron chi connectivity index (χ0n) is 7.62. The zero-order chi connectivity index (χ0) is 9.73. The molecule has 0 fully saturated rings. The molecule has 13 heavy (non-hydrogen) atoms. The molecule has 0 atom stereocenters. The summed E-state index contributed by atoms with van der Waals surface area (Å²) in [7, 11) is -2.85. The van der Waals surface area contributed by atoms with Crippen LogP contribution in [0.1, 0.15) is 6.42 Å². The Labute approximate surface area is 78.9 Å². The monoisotopic (exact) mass is 204 g/mol. The summed E-state index contributed by atoms with van der Waals surface area (Å²) >= 11 is 0. The van der Waals surface area contributed by atoms with E-state index < -0.39 is 9.84 Å². The van der Waals surface area contributed by atoms with Crippen molar-refractivity contribution in [2.24, 2.45) is 0 Å². The van der Waals surface area contributed by atoms with Crippen LogP contribution in [0.5, 0.6) is 0 Å². The van der Waals surface area contributed by atoms with Crippen molar-refractivity contribution in [1.29, 1.82) is 0 Å². The van der Waals surface area contributed by atoms with E-state index in [4.69, 9.17) is 4.74 Å². The second-order valence-corrected chi connectivity index (χ2v) is 5.30. The maximum absolute atomic E-state index is 10.7. The van der Waals surface area contributed by atoms with E-state index in [1.165, 1.54) is 6.26 Å². The second-order valence-electron chi connectivity index (χ2n) is 3.04. The smallest absolute Gasteiger partial charge is 0.165 e. The van der Waals surface area contributed by atoms with Gasteiger partial charge in [0.25, 0.3) is 0 Å². The quantitative estimate of drug-likeness (QED) is 0.645. The molecule has 1 radical (unpaired) electrons. The highest BCUT2D eigenvalue weighted by molar-refractivity contribution is 7.90. The van der Waals surface area contributed by atoms with Crippen LogP contribution >= 0.6 is 0 Å². The van der Waals surface area contributed by atoms with Crippen molar-refractivity contribution in [3.05, 3.63) is 18.4 Å². The van der Waals surface area contributed by atoms with E-state index in [0.717, 1.165) is 12.5 Å². The normalized spacial score (nSPS) is 17.6. The highest BCUT2D eigenvalue weighted by atomic mass is 32.2. The van der Waals surface area contributed by atoms with E-state index >= 15 is 0 Å². The first-order valence-electron chi connectivity index (χ1n) is 4.13. The van der Waals surface area contributed by atoms with Gasteiger partial charge in [0.15, 0.2) is 6.10 Å². The zero-order valence-corrected chi connectivity index (χ0v) is 8.43. The Balaban J connectivity index is 2.01. The van der Waals surface area contributed by atoms with Crippen molar-refractivity contribution in [3.8, 4) is 0 Å². The molecule has 1 aliphatic rings. The minimum Gasteiger partial charge on any atom is -0.489 e. The number of hydrogen-bond donors (Lipinski definition) is 1. The van der Waals surface area contributed by atoms with Gasteiger partial charge in [-0.05, 0) is 6.08 Å². The Morgan fingerprint density at radius 2 is 2.38 bits per heavy atom. The average molecular weight is 204 g/mol. The standard InChI is InChI=1S/C8H14NO3S/c1-13(10,11)6-4-9-7-8-3-2-5-12-8/h2,5,9H,3-4,6-7H2,1H3. The summed E-state index contributed by atoms with van der Waals surface area (Å²) in [6, 6.07) is 0. The van der Waals surface area contributed by atoms with Crippen LogP contribution in [0.4, 0.5) is 0 Å². The Hall–Kier alpha value is -0.550. The van der Waals surface area contributed by atoms with E-state index in [1.54, 1.807) is 6.26 Å². The third-order valence-electron chi connectivity index (χ3n) is 1.65. The van der Waals surface area contributed by atoms with Gasteiger partial charge in [-0.2, -0.15) is 0 Å². The summed E-state index contributed by atoms with van der Waals surface area (Å²) in [6.07, 6.45) is 6.57. The molecule has 0 saturated carbocycles. The van der Waals surface area contributed by atoms with Gasteiger partial charge in [0, 0.05) is 25.8 Å². The predicted octanol–water partition coefficient (Wildman–Crippen LogP) is 0.0866. The van der Waals surface area contributed by atoms with Gasteiger partial charge in [-0.15, -0.1) is 0 Å². The summed E-state index contributed by atoms with van der Waals surface area (Å²) in [5.74, 6) is 0.174. The number of hydrogen-bond acceptors (Lipinski definition) is 4. The van der Waals surface area contributed by atoms with Crippen LogP contribution in [0.15, 0.2) is 12.3 Å². The Kier molecular flexibility index (Phi) is 3.74. The van der Waals surface area contributed by atoms with Gasteiger partial charge >= 0.3 is 0 Å². The van der Waals surface area contributed by atoms with Crippen molar-refractivity contribution >= 4 is 9.84 Å². The van der Waals surface area contributed by atoms with Gasteiger partial charge in [0.1, 0.15) is 9.84 Å². The molecule has 0 saturated heterocycles. The summed E-state index contributed by atoms with van der Waals surface area (Å²) in [4.78, 5) is 0. The Bertz CT molecular complexity index is 263. The molecule has 0 amide bonds. The molecule has 0 bridgehead atoms. The molecule has 4 nitrogen and oxygen atoms in total. The first kappa shape index (κ1) is 10.5. The van der Waals surface area contributed by atoms with Gasteiger partial charge in [-0.3, -0.25) is 0 Å². The molecule has 1 N–H and O–H groups in total. The van der Waals surface area contributed by atoms with E-state index in [2.05, 4.69) is 5.32 Å². The van der Waals surface area contributed by atoms with E-state index in [1.807, 2.05) is 6.08 Å². The third-order valence-corrected chi connectivity index (χ3v) is 2.59. The molecule has 1 aliphatic heterocycles. The Morgan fingerprint density at radius 3 is 2.92 bits per heavy atom. The molecule has 0 aromatic heterocycles. The molecular formula is C8H14NO3S. The maximum atomic E-state index is 10.7. The lowest BCUT2D eigenvalue weighted by Gasteiger charge is -2.09. The molecule has 0 spiro atoms. The SMILES string of the molecule is CS(=O)(=O)CCNC[C]1CC=CO1. The van der Waals surface area contributed by atoms with Gasteiger partial charge in [0.05, 0.1) is 12.0 Å². The summed E-state index contributed by atoms with van der Waals surface area (Å²) in [5.41, 5.74) is 0. The number of ether oxygens (including phenoxy) is 1. The first-order valence-corrected chi connectivity index (χ1v) is 6.19. The van der Waals surface area contributed by atoms with Crippen LogP contribution in [0.2, 0.25) is 0 Å². The highest BCUT2D eigenvalue weighted by Crippen LogP contribution is 2.14. The van der Waals surface area contributed by atoms with E-state index in [-0.39, 0.29) is 5.75 Å². The first-order chi connectivity index (χ1) is 6.08. The molecular weight excluding hydrogens is 190 g/mol. The predicted molar refractivity (Wildman–Crippen MR) is 50.7 cm³/mol. The number of rotatable bonds is 5.